The first-order valence-corrected chi connectivity index (χ1v) is 11.2. The van der Waals surface area contributed by atoms with E-state index in [1.807, 2.05) is 29.3 Å². The summed E-state index contributed by atoms with van der Waals surface area (Å²) in [6.45, 7) is 0. The monoisotopic (exact) mass is 473 g/mol. The Balaban J connectivity index is 1.74. The number of hydrogen-bond acceptors (Lipinski definition) is 4. The molecule has 0 fully saturated rings. The second-order valence-corrected chi connectivity index (χ2v) is 9.19. The zero-order valence-corrected chi connectivity index (χ0v) is 17.6. The van der Waals surface area contributed by atoms with Crippen molar-refractivity contribution in [3.8, 4) is 0 Å². The van der Waals surface area contributed by atoms with Crippen molar-refractivity contribution in [3.63, 3.8) is 0 Å². The molecule has 1 aliphatic heterocycles. The quantitative estimate of drug-likeness (QED) is 0.601. The molecule has 0 bridgehead atoms. The molecule has 3 aromatic rings. The topological polar surface area (TPSA) is 75.8 Å². The number of nitrogens with two attached hydrogens (primary N) is 1. The summed E-state index contributed by atoms with van der Waals surface area (Å²) in [5, 5.41) is 11.8. The molecule has 5 nitrogen and oxygen atoms in total. The second kappa shape index (κ2) is 7.70. The lowest BCUT2D eigenvalue weighted by Crippen LogP contribution is -2.19. The van der Waals surface area contributed by atoms with Gasteiger partial charge >= 0.3 is 0 Å². The van der Waals surface area contributed by atoms with Gasteiger partial charge in [0.2, 0.25) is 10.0 Å². The first-order chi connectivity index (χ1) is 13.8. The molecule has 0 unspecified atom stereocenters. The summed E-state index contributed by atoms with van der Waals surface area (Å²) in [5.41, 5.74) is 3.52. The highest BCUT2D eigenvalue weighted by atomic mass is 79.9. The van der Waals surface area contributed by atoms with Gasteiger partial charge in [-0.25, -0.2) is 17.9 Å². The van der Waals surface area contributed by atoms with Crippen LogP contribution < -0.4 is 10.1 Å². The SMILES string of the molecule is NS(=O)(=O)c1ccc(N2N=C(c3ccc(Br)cc3)C[C@@H]2c2ccc(F)cc2)cc1. The molecule has 1 aliphatic rings. The number of halogens is 2. The van der Waals surface area contributed by atoms with Gasteiger partial charge in [0.1, 0.15) is 5.82 Å². The van der Waals surface area contributed by atoms with Crippen LogP contribution in [0, 0.1) is 5.82 Å². The Morgan fingerprint density at radius 2 is 1.59 bits per heavy atom. The molecule has 0 saturated heterocycles. The molecule has 0 radical (unpaired) electrons. The minimum absolute atomic E-state index is 0.0379. The van der Waals surface area contributed by atoms with Gasteiger partial charge in [0.15, 0.2) is 0 Å². The number of rotatable bonds is 4. The number of hydrogen-bond donors (Lipinski definition) is 1. The standard InChI is InChI=1S/C21H17BrFN3O2S/c22-16-5-1-14(2-6-16)20-13-21(15-3-7-17(23)8-4-15)26(25-20)18-9-11-19(12-10-18)29(24,27)28/h1-12,21H,13H2,(H2,24,27,28)/t21-/m1/s1. The Labute approximate surface area is 176 Å². The molecule has 0 spiro atoms. The van der Waals surface area contributed by atoms with Gasteiger partial charge < -0.3 is 0 Å². The molecular formula is C21H17BrFN3O2S. The maximum atomic E-state index is 13.4. The van der Waals surface area contributed by atoms with Crippen LogP contribution in [-0.2, 0) is 10.0 Å². The lowest BCUT2D eigenvalue weighted by molar-refractivity contribution is 0.597. The molecule has 2 N–H and O–H groups in total. The zero-order chi connectivity index (χ0) is 20.6. The van der Waals surface area contributed by atoms with Gasteiger partial charge in [0, 0.05) is 10.9 Å². The van der Waals surface area contributed by atoms with E-state index in [-0.39, 0.29) is 16.8 Å². The van der Waals surface area contributed by atoms with Crippen molar-refractivity contribution in [1.82, 2.24) is 0 Å². The molecule has 4 rings (SSSR count). The number of sulfonamides is 1. The molecule has 0 saturated carbocycles. The maximum Gasteiger partial charge on any atom is 0.238 e. The van der Waals surface area contributed by atoms with Crippen LogP contribution in [-0.4, -0.2) is 14.1 Å². The average molecular weight is 474 g/mol. The van der Waals surface area contributed by atoms with E-state index in [0.29, 0.717) is 6.42 Å². The van der Waals surface area contributed by atoms with E-state index < -0.39 is 10.0 Å². The third-order valence-corrected chi connectivity index (χ3v) is 6.23. The van der Waals surface area contributed by atoms with Gasteiger partial charge in [-0.05, 0) is 59.7 Å². The Bertz CT molecular complexity index is 1160. The van der Waals surface area contributed by atoms with Gasteiger partial charge in [-0.2, -0.15) is 5.10 Å². The second-order valence-electron chi connectivity index (χ2n) is 6.71. The zero-order valence-electron chi connectivity index (χ0n) is 15.2. The summed E-state index contributed by atoms with van der Waals surface area (Å²) >= 11 is 3.44. The summed E-state index contributed by atoms with van der Waals surface area (Å²) in [6.07, 6.45) is 0.629. The third-order valence-electron chi connectivity index (χ3n) is 4.77. The summed E-state index contributed by atoms with van der Waals surface area (Å²) in [5.74, 6) is -0.301. The van der Waals surface area contributed by atoms with Crippen molar-refractivity contribution in [3.05, 3.63) is 94.2 Å². The fourth-order valence-electron chi connectivity index (χ4n) is 3.30. The highest BCUT2D eigenvalue weighted by Gasteiger charge is 2.30. The Kier molecular flexibility index (Phi) is 5.24. The van der Waals surface area contributed by atoms with Gasteiger partial charge in [-0.3, -0.25) is 5.01 Å². The molecule has 0 amide bonds. The maximum absolute atomic E-state index is 13.4. The number of primary sulfonamides is 1. The normalized spacial score (nSPS) is 16.7. The van der Waals surface area contributed by atoms with Crippen LogP contribution >= 0.6 is 15.9 Å². The van der Waals surface area contributed by atoms with Gasteiger partial charge in [-0.1, -0.05) is 40.2 Å². The molecule has 148 valence electrons. The van der Waals surface area contributed by atoms with Gasteiger partial charge in [-0.15, -0.1) is 0 Å². The van der Waals surface area contributed by atoms with Crippen molar-refractivity contribution in [2.24, 2.45) is 10.2 Å². The van der Waals surface area contributed by atoms with E-state index in [0.717, 1.165) is 27.0 Å². The molecule has 3 aromatic carbocycles. The fraction of sp³-hybridized carbons (Fsp3) is 0.0952. The Morgan fingerprint density at radius 3 is 2.17 bits per heavy atom. The van der Waals surface area contributed by atoms with E-state index in [4.69, 9.17) is 10.2 Å². The number of hydrazone groups is 1. The third kappa shape index (κ3) is 4.24. The van der Waals surface area contributed by atoms with Crippen LogP contribution in [0.2, 0.25) is 0 Å². The smallest absolute Gasteiger partial charge is 0.238 e. The van der Waals surface area contributed by atoms with Crippen molar-refractivity contribution in [2.45, 2.75) is 17.4 Å². The highest BCUT2D eigenvalue weighted by molar-refractivity contribution is 9.10. The summed E-state index contributed by atoms with van der Waals surface area (Å²) in [6, 6.07) is 20.3. The van der Waals surface area contributed by atoms with E-state index >= 15 is 0 Å². The predicted octanol–water partition coefficient (Wildman–Crippen LogP) is 4.59. The number of benzene rings is 3. The van der Waals surface area contributed by atoms with Crippen molar-refractivity contribution >= 4 is 37.4 Å². The molecular weight excluding hydrogens is 457 g/mol. The Morgan fingerprint density at radius 1 is 0.966 bits per heavy atom. The van der Waals surface area contributed by atoms with Gasteiger partial charge in [0.05, 0.1) is 22.3 Å². The van der Waals surface area contributed by atoms with E-state index in [9.17, 15) is 12.8 Å². The molecule has 0 aromatic heterocycles. The van der Waals surface area contributed by atoms with Crippen LogP contribution in [0.1, 0.15) is 23.6 Å². The van der Waals surface area contributed by atoms with Crippen molar-refractivity contribution in [2.75, 3.05) is 5.01 Å². The van der Waals surface area contributed by atoms with Crippen molar-refractivity contribution < 1.29 is 12.8 Å². The minimum Gasteiger partial charge on any atom is -0.257 e. The summed E-state index contributed by atoms with van der Waals surface area (Å²) < 4.78 is 37.5. The molecule has 29 heavy (non-hydrogen) atoms. The summed E-state index contributed by atoms with van der Waals surface area (Å²) in [7, 11) is -3.77. The van der Waals surface area contributed by atoms with Crippen LogP contribution in [0.4, 0.5) is 10.1 Å². The van der Waals surface area contributed by atoms with Crippen molar-refractivity contribution in [1.29, 1.82) is 0 Å². The van der Waals surface area contributed by atoms with E-state index in [2.05, 4.69) is 15.9 Å². The largest absolute Gasteiger partial charge is 0.257 e. The molecule has 1 atom stereocenters. The first-order valence-electron chi connectivity index (χ1n) is 8.82. The first kappa shape index (κ1) is 19.8. The lowest BCUT2D eigenvalue weighted by Gasteiger charge is -2.24. The Hall–Kier alpha value is -2.55. The lowest BCUT2D eigenvalue weighted by atomic mass is 9.98. The fourth-order valence-corrected chi connectivity index (χ4v) is 4.08. The average Bonchev–Trinajstić information content (AvgIpc) is 3.14. The highest BCUT2D eigenvalue weighted by Crippen LogP contribution is 2.37. The van der Waals surface area contributed by atoms with Crippen LogP contribution in [0.3, 0.4) is 0 Å². The molecule has 0 aliphatic carbocycles. The van der Waals surface area contributed by atoms with E-state index in [1.165, 1.54) is 24.3 Å². The minimum atomic E-state index is -3.77. The number of anilines is 1. The van der Waals surface area contributed by atoms with Crippen LogP contribution in [0.5, 0.6) is 0 Å². The molecule has 1 heterocycles. The van der Waals surface area contributed by atoms with Crippen LogP contribution in [0.25, 0.3) is 0 Å². The predicted molar refractivity (Wildman–Crippen MR) is 115 cm³/mol. The molecule has 8 heteroatoms. The summed E-state index contributed by atoms with van der Waals surface area (Å²) in [4.78, 5) is 0.0379. The van der Waals surface area contributed by atoms with Crippen LogP contribution in [0.15, 0.2) is 87.3 Å². The van der Waals surface area contributed by atoms with Gasteiger partial charge in [0.25, 0.3) is 0 Å². The number of nitrogens with zero attached hydrogens (tertiary/aromatic N) is 2. The van der Waals surface area contributed by atoms with E-state index in [1.54, 1.807) is 24.3 Å².